The van der Waals surface area contributed by atoms with Crippen LogP contribution in [0.4, 0.5) is 0 Å². The van der Waals surface area contributed by atoms with Crippen molar-refractivity contribution < 1.29 is 25.0 Å². The smallest absolute Gasteiger partial charge is 0.146 e. The lowest BCUT2D eigenvalue weighted by molar-refractivity contribution is -0.620. The van der Waals surface area contributed by atoms with Gasteiger partial charge in [-0.3, -0.25) is 0 Å². The third-order valence-corrected chi connectivity index (χ3v) is 4.74. The Morgan fingerprint density at radius 3 is 2.03 bits per heavy atom. The molecule has 0 bridgehead atoms. The molecule has 2 aromatic rings. The SMILES string of the molecule is C#CCOOOO.CCN1CCC(OC(c2ccccc2)c2ccccc2)CC1. The molecule has 156 valence electrons. The molecular formula is C23H29NO5. The average Bonchev–Trinajstić information content (AvgIpc) is 2.80. The third-order valence-electron chi connectivity index (χ3n) is 4.74. The van der Waals surface area contributed by atoms with Gasteiger partial charge < -0.3 is 9.64 Å². The Hall–Kier alpha value is -2.24. The molecule has 6 nitrogen and oxygen atoms in total. The Morgan fingerprint density at radius 2 is 1.59 bits per heavy atom. The van der Waals surface area contributed by atoms with Crippen molar-refractivity contribution in [1.29, 1.82) is 0 Å². The summed E-state index contributed by atoms with van der Waals surface area (Å²) in [5.41, 5.74) is 2.48. The van der Waals surface area contributed by atoms with Crippen LogP contribution in [0.15, 0.2) is 60.7 Å². The van der Waals surface area contributed by atoms with Gasteiger partial charge in [-0.2, -0.15) is 4.89 Å². The van der Waals surface area contributed by atoms with Crippen molar-refractivity contribution in [2.24, 2.45) is 0 Å². The molecule has 1 aliphatic heterocycles. The number of hydrogen-bond acceptors (Lipinski definition) is 6. The minimum absolute atomic E-state index is 0.0422. The van der Waals surface area contributed by atoms with Crippen LogP contribution in [-0.4, -0.2) is 42.5 Å². The highest BCUT2D eigenvalue weighted by molar-refractivity contribution is 5.30. The van der Waals surface area contributed by atoms with Crippen molar-refractivity contribution in [3.63, 3.8) is 0 Å². The van der Waals surface area contributed by atoms with E-state index < -0.39 is 0 Å². The summed E-state index contributed by atoms with van der Waals surface area (Å²) in [5.74, 6) is 2.06. The number of benzene rings is 2. The summed E-state index contributed by atoms with van der Waals surface area (Å²) in [5, 5.41) is 13.9. The van der Waals surface area contributed by atoms with Crippen LogP contribution < -0.4 is 0 Å². The highest BCUT2D eigenvalue weighted by atomic mass is 17.6. The maximum absolute atomic E-state index is 7.38. The van der Waals surface area contributed by atoms with E-state index >= 15 is 0 Å². The molecule has 0 spiro atoms. The Morgan fingerprint density at radius 1 is 1.03 bits per heavy atom. The van der Waals surface area contributed by atoms with Crippen molar-refractivity contribution in [3.8, 4) is 12.3 Å². The number of hydrogen-bond donors (Lipinski definition) is 1. The highest BCUT2D eigenvalue weighted by Gasteiger charge is 2.23. The second kappa shape index (κ2) is 13.9. The summed E-state index contributed by atoms with van der Waals surface area (Å²) in [7, 11) is 0. The molecule has 1 fully saturated rings. The number of piperidine rings is 1. The molecule has 0 unspecified atom stereocenters. The van der Waals surface area contributed by atoms with E-state index in [4.69, 9.17) is 9.99 Å². The first-order valence-electron chi connectivity index (χ1n) is 9.79. The van der Waals surface area contributed by atoms with E-state index in [1.54, 1.807) is 0 Å². The van der Waals surface area contributed by atoms with E-state index in [1.807, 2.05) is 0 Å². The van der Waals surface area contributed by atoms with Gasteiger partial charge in [0.2, 0.25) is 0 Å². The first-order valence-corrected chi connectivity index (χ1v) is 9.79. The van der Waals surface area contributed by atoms with Crippen LogP contribution in [-0.2, 0) is 19.7 Å². The van der Waals surface area contributed by atoms with Gasteiger partial charge >= 0.3 is 0 Å². The van der Waals surface area contributed by atoms with Crippen LogP contribution >= 0.6 is 0 Å². The molecule has 2 aromatic carbocycles. The Balaban J connectivity index is 0.000000370. The van der Waals surface area contributed by atoms with Crippen LogP contribution in [0, 0.1) is 12.3 Å². The molecule has 0 atom stereocenters. The molecule has 3 rings (SSSR count). The van der Waals surface area contributed by atoms with Crippen LogP contribution in [0.5, 0.6) is 0 Å². The lowest BCUT2D eigenvalue weighted by Crippen LogP contribution is -2.37. The lowest BCUT2D eigenvalue weighted by Gasteiger charge is -2.33. The normalized spacial score (nSPS) is 14.8. The second-order valence-corrected chi connectivity index (χ2v) is 6.58. The molecule has 29 heavy (non-hydrogen) atoms. The summed E-state index contributed by atoms with van der Waals surface area (Å²) in [4.78, 5) is 6.42. The van der Waals surface area contributed by atoms with E-state index in [0.717, 1.165) is 32.5 Å². The first-order chi connectivity index (χ1) is 14.3. The third kappa shape index (κ3) is 8.34. The van der Waals surface area contributed by atoms with Crippen molar-refractivity contribution in [3.05, 3.63) is 71.8 Å². The van der Waals surface area contributed by atoms with Crippen molar-refractivity contribution in [1.82, 2.24) is 4.90 Å². The number of rotatable bonds is 8. The largest absolute Gasteiger partial charge is 0.365 e. The maximum Gasteiger partial charge on any atom is 0.146 e. The molecule has 1 N–H and O–H groups in total. The summed E-state index contributed by atoms with van der Waals surface area (Å²) in [6, 6.07) is 21.2. The molecule has 0 aromatic heterocycles. The number of ether oxygens (including phenoxy) is 1. The van der Waals surface area contributed by atoms with Gasteiger partial charge in [0.15, 0.2) is 0 Å². The van der Waals surface area contributed by atoms with Crippen molar-refractivity contribution in [2.75, 3.05) is 26.2 Å². The van der Waals surface area contributed by atoms with Gasteiger partial charge in [0, 0.05) is 13.1 Å². The number of likely N-dealkylation sites (tertiary alicyclic amines) is 1. The zero-order chi connectivity index (χ0) is 20.7. The van der Waals surface area contributed by atoms with Crippen LogP contribution in [0.3, 0.4) is 0 Å². The summed E-state index contributed by atoms with van der Waals surface area (Å²) < 4.78 is 6.53. The number of nitrogens with zero attached hydrogens (tertiary/aromatic N) is 1. The van der Waals surface area contributed by atoms with Crippen LogP contribution in [0.25, 0.3) is 0 Å². The molecule has 0 aliphatic carbocycles. The summed E-state index contributed by atoms with van der Waals surface area (Å²) in [6.45, 7) is 5.63. The van der Waals surface area contributed by atoms with E-state index in [0.29, 0.717) is 6.10 Å². The molecule has 1 saturated heterocycles. The fourth-order valence-electron chi connectivity index (χ4n) is 3.24. The second-order valence-electron chi connectivity index (χ2n) is 6.58. The van der Waals surface area contributed by atoms with E-state index in [9.17, 15) is 0 Å². The Bertz CT molecular complexity index is 657. The molecule has 1 aliphatic rings. The Kier molecular flexibility index (Phi) is 11.0. The van der Waals surface area contributed by atoms with Crippen molar-refractivity contribution >= 4 is 0 Å². The fraction of sp³-hybridized carbons (Fsp3) is 0.391. The lowest BCUT2D eigenvalue weighted by atomic mass is 10.00. The molecule has 6 heteroatoms. The van der Waals surface area contributed by atoms with Gasteiger partial charge in [-0.15, -0.1) is 6.42 Å². The van der Waals surface area contributed by atoms with E-state index in [-0.39, 0.29) is 12.7 Å². The molecular weight excluding hydrogens is 370 g/mol. The standard InChI is InChI=1S/C20H25NO.C3H4O4/c1-2-21-15-13-19(14-16-21)22-20(17-9-5-3-6-10-17)18-11-7-4-8-12-18;1-2-3-5-7-6-4/h3-12,19-20H,2,13-16H2,1H3;1,4H,3H2. The van der Waals surface area contributed by atoms with Gasteiger partial charge in [0.1, 0.15) is 12.7 Å². The average molecular weight is 399 g/mol. The topological polar surface area (TPSA) is 60.4 Å². The zero-order valence-corrected chi connectivity index (χ0v) is 16.8. The first kappa shape index (κ1) is 23.0. The summed E-state index contributed by atoms with van der Waals surface area (Å²) in [6.07, 6.45) is 7.33. The van der Waals surface area contributed by atoms with E-state index in [2.05, 4.69) is 99.8 Å². The predicted octanol–water partition coefficient (Wildman–Crippen LogP) is 4.25. The van der Waals surface area contributed by atoms with Gasteiger partial charge in [-0.1, -0.05) is 73.5 Å². The van der Waals surface area contributed by atoms with Gasteiger partial charge in [-0.25, -0.2) is 5.26 Å². The fourth-order valence-corrected chi connectivity index (χ4v) is 3.24. The summed E-state index contributed by atoms with van der Waals surface area (Å²) >= 11 is 0. The quantitative estimate of drug-likeness (QED) is 0.310. The van der Waals surface area contributed by atoms with Gasteiger partial charge in [0.25, 0.3) is 0 Å². The van der Waals surface area contributed by atoms with Crippen LogP contribution in [0.2, 0.25) is 0 Å². The molecule has 1 heterocycles. The molecule has 0 saturated carbocycles. The minimum atomic E-state index is -0.0550. The zero-order valence-electron chi connectivity index (χ0n) is 16.8. The van der Waals surface area contributed by atoms with Gasteiger partial charge in [0.05, 0.1) is 6.10 Å². The van der Waals surface area contributed by atoms with Gasteiger partial charge in [-0.05, 0) is 40.6 Å². The van der Waals surface area contributed by atoms with E-state index in [1.165, 1.54) is 11.1 Å². The maximum atomic E-state index is 7.38. The predicted molar refractivity (Wildman–Crippen MR) is 111 cm³/mol. The van der Waals surface area contributed by atoms with Crippen LogP contribution in [0.1, 0.15) is 37.0 Å². The number of terminal acetylenes is 1. The Labute approximate surface area is 172 Å². The monoisotopic (exact) mass is 399 g/mol. The molecule has 0 amide bonds. The molecule has 0 radical (unpaired) electrons. The minimum Gasteiger partial charge on any atom is -0.365 e. The van der Waals surface area contributed by atoms with Crippen molar-refractivity contribution in [2.45, 2.75) is 32.0 Å². The highest BCUT2D eigenvalue weighted by Crippen LogP contribution is 2.29.